The van der Waals surface area contributed by atoms with Gasteiger partial charge in [0.15, 0.2) is 0 Å². The number of methoxy groups -OCH3 is 1. The van der Waals surface area contributed by atoms with E-state index in [9.17, 15) is 5.11 Å². The average Bonchev–Trinajstić information content (AvgIpc) is 3.29. The highest BCUT2D eigenvalue weighted by Crippen LogP contribution is 2.33. The third-order valence-corrected chi connectivity index (χ3v) is 4.68. The Morgan fingerprint density at radius 2 is 1.92 bits per heavy atom. The lowest BCUT2D eigenvalue weighted by atomic mass is 10.1. The van der Waals surface area contributed by atoms with Crippen LogP contribution in [0.25, 0.3) is 11.4 Å². The van der Waals surface area contributed by atoms with Gasteiger partial charge < -0.3 is 14.4 Å². The Hall–Kier alpha value is -2.70. The second-order valence-corrected chi connectivity index (χ2v) is 6.51. The number of aliphatic hydroxyl groups is 1. The molecule has 6 heteroatoms. The summed E-state index contributed by atoms with van der Waals surface area (Å²) >= 11 is 0. The smallest absolute Gasteiger partial charge is 0.244 e. The van der Waals surface area contributed by atoms with Crippen molar-refractivity contribution in [2.75, 3.05) is 13.7 Å². The summed E-state index contributed by atoms with van der Waals surface area (Å²) in [5.74, 6) is 1.87. The lowest BCUT2D eigenvalue weighted by molar-refractivity contribution is 0.169. The number of β-amino-alcohol motifs (C(OH)–C–C–N with tert-alkyl or cyclic N) is 1. The highest BCUT2D eigenvalue weighted by atomic mass is 16.5. The van der Waals surface area contributed by atoms with Crippen LogP contribution in [-0.2, 0) is 6.54 Å². The molecule has 2 unspecified atom stereocenters. The summed E-state index contributed by atoms with van der Waals surface area (Å²) in [6, 6.07) is 17.7. The van der Waals surface area contributed by atoms with Crippen molar-refractivity contribution in [3.63, 3.8) is 0 Å². The quantitative estimate of drug-likeness (QED) is 0.762. The van der Waals surface area contributed by atoms with Gasteiger partial charge >= 0.3 is 0 Å². The van der Waals surface area contributed by atoms with E-state index in [2.05, 4.69) is 27.2 Å². The Bertz CT molecular complexity index is 848. The molecule has 0 radical (unpaired) electrons. The number of hydrogen-bond acceptors (Lipinski definition) is 6. The standard InChI is InChI=1S/C20H21N3O3/c1-25-17-9-7-15(8-10-17)19-21-20(26-22-19)18-11-16(24)13-23(18)12-14-5-3-2-4-6-14/h2-10,16,18,24H,11-13H2,1H3. The SMILES string of the molecule is COc1ccc(-c2noc(C3CC(O)CN3Cc3ccccc3)n2)cc1. The maximum atomic E-state index is 10.1. The van der Waals surface area contributed by atoms with E-state index in [1.807, 2.05) is 42.5 Å². The molecule has 1 aliphatic rings. The fraction of sp³-hybridized carbons (Fsp3) is 0.300. The molecule has 0 spiro atoms. The molecule has 6 nitrogen and oxygen atoms in total. The van der Waals surface area contributed by atoms with Crippen LogP contribution in [0.2, 0.25) is 0 Å². The van der Waals surface area contributed by atoms with Crippen LogP contribution < -0.4 is 4.74 Å². The van der Waals surface area contributed by atoms with Gasteiger partial charge in [0.05, 0.1) is 19.3 Å². The molecule has 1 fully saturated rings. The summed E-state index contributed by atoms with van der Waals surface area (Å²) in [4.78, 5) is 6.76. The molecule has 26 heavy (non-hydrogen) atoms. The van der Waals surface area contributed by atoms with E-state index in [1.165, 1.54) is 5.56 Å². The lowest BCUT2D eigenvalue weighted by Crippen LogP contribution is -2.24. The van der Waals surface area contributed by atoms with E-state index in [4.69, 9.17) is 9.26 Å². The molecule has 3 aromatic rings. The molecule has 4 rings (SSSR count). The van der Waals surface area contributed by atoms with E-state index in [0.29, 0.717) is 24.7 Å². The zero-order chi connectivity index (χ0) is 17.9. The zero-order valence-corrected chi connectivity index (χ0v) is 14.6. The van der Waals surface area contributed by atoms with Gasteiger partial charge in [0.1, 0.15) is 5.75 Å². The van der Waals surface area contributed by atoms with Crippen molar-refractivity contribution in [1.29, 1.82) is 0 Å². The predicted octanol–water partition coefficient (Wildman–Crippen LogP) is 3.05. The molecule has 134 valence electrons. The van der Waals surface area contributed by atoms with Crippen molar-refractivity contribution < 1.29 is 14.4 Å². The fourth-order valence-electron chi connectivity index (χ4n) is 3.36. The second-order valence-electron chi connectivity index (χ2n) is 6.51. The van der Waals surface area contributed by atoms with Crippen molar-refractivity contribution in [3.8, 4) is 17.1 Å². The molecule has 1 aliphatic heterocycles. The Morgan fingerprint density at radius 3 is 2.65 bits per heavy atom. The van der Waals surface area contributed by atoms with Crippen LogP contribution in [-0.4, -0.2) is 39.9 Å². The van der Waals surface area contributed by atoms with E-state index >= 15 is 0 Å². The molecule has 1 aromatic heterocycles. The third-order valence-electron chi connectivity index (χ3n) is 4.68. The number of ether oxygens (including phenoxy) is 1. The minimum Gasteiger partial charge on any atom is -0.497 e. The molecular weight excluding hydrogens is 330 g/mol. The van der Waals surface area contributed by atoms with Crippen molar-refractivity contribution in [3.05, 3.63) is 66.1 Å². The minimum absolute atomic E-state index is 0.0790. The van der Waals surface area contributed by atoms with Crippen LogP contribution >= 0.6 is 0 Å². The highest BCUT2D eigenvalue weighted by molar-refractivity contribution is 5.55. The minimum atomic E-state index is -0.389. The van der Waals surface area contributed by atoms with Crippen molar-refractivity contribution in [2.24, 2.45) is 0 Å². The summed E-state index contributed by atoms with van der Waals surface area (Å²) in [7, 11) is 1.63. The maximum absolute atomic E-state index is 10.1. The van der Waals surface area contributed by atoms with Crippen molar-refractivity contribution >= 4 is 0 Å². The van der Waals surface area contributed by atoms with Gasteiger partial charge in [-0.1, -0.05) is 35.5 Å². The molecule has 0 bridgehead atoms. The van der Waals surface area contributed by atoms with Gasteiger partial charge in [0.25, 0.3) is 0 Å². The second kappa shape index (κ2) is 7.27. The predicted molar refractivity (Wildman–Crippen MR) is 96.5 cm³/mol. The first-order chi connectivity index (χ1) is 12.7. The van der Waals surface area contributed by atoms with Crippen LogP contribution in [0.1, 0.15) is 23.9 Å². The topological polar surface area (TPSA) is 71.6 Å². The Kier molecular flexibility index (Phi) is 4.69. The lowest BCUT2D eigenvalue weighted by Gasteiger charge is -2.21. The van der Waals surface area contributed by atoms with Gasteiger partial charge in [0, 0.05) is 18.7 Å². The molecule has 1 N–H and O–H groups in total. The summed E-state index contributed by atoms with van der Waals surface area (Å²) in [5.41, 5.74) is 2.07. The molecule has 0 saturated carbocycles. The summed E-state index contributed by atoms with van der Waals surface area (Å²) < 4.78 is 10.7. The van der Waals surface area contributed by atoms with E-state index < -0.39 is 0 Å². The Labute approximate surface area is 152 Å². The van der Waals surface area contributed by atoms with Gasteiger partial charge in [-0.05, 0) is 36.2 Å². The van der Waals surface area contributed by atoms with Gasteiger partial charge in [0.2, 0.25) is 11.7 Å². The zero-order valence-electron chi connectivity index (χ0n) is 14.6. The molecule has 2 heterocycles. The van der Waals surface area contributed by atoms with Crippen LogP contribution in [0, 0.1) is 0 Å². The first-order valence-corrected chi connectivity index (χ1v) is 8.67. The fourth-order valence-corrected chi connectivity index (χ4v) is 3.36. The average molecular weight is 351 g/mol. The summed E-state index contributed by atoms with van der Waals surface area (Å²) in [6.45, 7) is 1.34. The first-order valence-electron chi connectivity index (χ1n) is 8.67. The van der Waals surface area contributed by atoms with Gasteiger partial charge in [-0.15, -0.1) is 0 Å². The van der Waals surface area contributed by atoms with Crippen molar-refractivity contribution in [1.82, 2.24) is 15.0 Å². The largest absolute Gasteiger partial charge is 0.497 e. The number of rotatable bonds is 5. The van der Waals surface area contributed by atoms with E-state index in [-0.39, 0.29) is 12.1 Å². The molecule has 2 aromatic carbocycles. The Morgan fingerprint density at radius 1 is 1.15 bits per heavy atom. The van der Waals surface area contributed by atoms with Gasteiger partial charge in [-0.2, -0.15) is 4.98 Å². The molecule has 2 atom stereocenters. The third kappa shape index (κ3) is 3.47. The summed E-state index contributed by atoms with van der Waals surface area (Å²) in [6.07, 6.45) is 0.205. The number of hydrogen-bond donors (Lipinski definition) is 1. The molecule has 0 amide bonds. The van der Waals surface area contributed by atoms with Crippen LogP contribution in [0.4, 0.5) is 0 Å². The van der Waals surface area contributed by atoms with E-state index in [0.717, 1.165) is 17.9 Å². The molecular formula is C20H21N3O3. The number of aromatic nitrogens is 2. The van der Waals surface area contributed by atoms with E-state index in [1.54, 1.807) is 7.11 Å². The number of likely N-dealkylation sites (tertiary alicyclic amines) is 1. The Balaban J connectivity index is 1.54. The number of benzene rings is 2. The van der Waals surface area contributed by atoms with Crippen molar-refractivity contribution in [2.45, 2.75) is 25.1 Å². The van der Waals surface area contributed by atoms with Crippen LogP contribution in [0.15, 0.2) is 59.1 Å². The van der Waals surface area contributed by atoms with Gasteiger partial charge in [-0.3, -0.25) is 4.90 Å². The normalized spacial score (nSPS) is 20.4. The first kappa shape index (κ1) is 16.8. The number of nitrogens with zero attached hydrogens (tertiary/aromatic N) is 3. The monoisotopic (exact) mass is 351 g/mol. The van der Waals surface area contributed by atoms with Crippen LogP contribution in [0.3, 0.4) is 0 Å². The maximum Gasteiger partial charge on any atom is 0.244 e. The summed E-state index contributed by atoms with van der Waals surface area (Å²) in [5, 5.41) is 14.3. The van der Waals surface area contributed by atoms with Crippen LogP contribution in [0.5, 0.6) is 5.75 Å². The van der Waals surface area contributed by atoms with Gasteiger partial charge in [-0.25, -0.2) is 0 Å². The number of aliphatic hydroxyl groups excluding tert-OH is 1. The molecule has 0 aliphatic carbocycles. The highest BCUT2D eigenvalue weighted by Gasteiger charge is 2.35. The molecule has 1 saturated heterocycles.